The fourth-order valence-corrected chi connectivity index (χ4v) is 1.56. The summed E-state index contributed by atoms with van der Waals surface area (Å²) in [5.41, 5.74) is 0.899. The molecule has 1 saturated heterocycles. The summed E-state index contributed by atoms with van der Waals surface area (Å²) >= 11 is 0. The largest absolute Gasteiger partial charge is 0.362 e. The predicted molar refractivity (Wildman–Crippen MR) is 52.7 cm³/mol. The molecule has 1 heterocycles. The van der Waals surface area contributed by atoms with Crippen LogP contribution in [0.3, 0.4) is 0 Å². The first-order valence-electron chi connectivity index (χ1n) is 4.78. The molecule has 0 radical (unpaired) electrons. The monoisotopic (exact) mass is 209 g/mol. The van der Waals surface area contributed by atoms with Crippen molar-refractivity contribution in [1.82, 2.24) is 4.90 Å². The van der Waals surface area contributed by atoms with E-state index >= 15 is 0 Å². The lowest BCUT2D eigenvalue weighted by atomic mass is 10.1. The molecule has 1 aliphatic rings. The number of halogens is 1. The Morgan fingerprint density at radius 1 is 1.40 bits per heavy atom. The maximum atomic E-state index is 12.7. The Morgan fingerprint density at radius 3 is 2.67 bits per heavy atom. The summed E-state index contributed by atoms with van der Waals surface area (Å²) in [5, 5.41) is 0. The van der Waals surface area contributed by atoms with Gasteiger partial charge in [0.1, 0.15) is 18.5 Å². The van der Waals surface area contributed by atoms with Crippen molar-refractivity contribution in [2.75, 3.05) is 20.2 Å². The summed E-state index contributed by atoms with van der Waals surface area (Å²) in [4.78, 5) is 12.8. The third kappa shape index (κ3) is 2.15. The summed E-state index contributed by atoms with van der Waals surface area (Å²) in [5.74, 6) is -0.285. The number of hydrogen-bond acceptors (Lipinski definition) is 2. The minimum Gasteiger partial charge on any atom is -0.362 e. The normalized spacial score (nSPS) is 21.9. The van der Waals surface area contributed by atoms with E-state index < -0.39 is 0 Å². The second-order valence-electron chi connectivity index (χ2n) is 3.63. The zero-order chi connectivity index (χ0) is 10.8. The number of hydrogen-bond donors (Lipinski definition) is 0. The molecule has 1 amide bonds. The van der Waals surface area contributed by atoms with Crippen molar-refractivity contribution in [2.45, 2.75) is 6.10 Å². The molecule has 0 aromatic heterocycles. The Bertz CT molecular complexity index is 363. The van der Waals surface area contributed by atoms with Gasteiger partial charge in [0.15, 0.2) is 0 Å². The topological polar surface area (TPSA) is 29.5 Å². The van der Waals surface area contributed by atoms with Gasteiger partial charge in [0.05, 0.1) is 6.54 Å². The summed E-state index contributed by atoms with van der Waals surface area (Å²) in [6.45, 7) is 0.614. The van der Waals surface area contributed by atoms with Crippen molar-refractivity contribution < 1.29 is 13.9 Å². The molecule has 0 unspecified atom stereocenters. The number of benzene rings is 1. The van der Waals surface area contributed by atoms with Gasteiger partial charge in [-0.15, -0.1) is 0 Å². The van der Waals surface area contributed by atoms with E-state index in [1.807, 2.05) is 0 Å². The van der Waals surface area contributed by atoms with Crippen molar-refractivity contribution in [3.05, 3.63) is 35.6 Å². The van der Waals surface area contributed by atoms with Crippen LogP contribution in [0.15, 0.2) is 24.3 Å². The molecule has 1 atom stereocenters. The second kappa shape index (κ2) is 3.98. The first-order valence-corrected chi connectivity index (χ1v) is 4.78. The highest BCUT2D eigenvalue weighted by Gasteiger charge is 2.24. The molecule has 0 spiro atoms. The van der Waals surface area contributed by atoms with Crippen LogP contribution < -0.4 is 0 Å². The SMILES string of the molecule is CN1C[C@H](c2ccc(F)cc2)OCC1=O. The molecule has 0 bridgehead atoms. The van der Waals surface area contributed by atoms with Gasteiger partial charge in [0.25, 0.3) is 0 Å². The van der Waals surface area contributed by atoms with Crippen LogP contribution in [-0.4, -0.2) is 31.0 Å². The number of carbonyl (C=O) groups is 1. The van der Waals surface area contributed by atoms with Crippen LogP contribution in [0.1, 0.15) is 11.7 Å². The van der Waals surface area contributed by atoms with Gasteiger partial charge in [-0.3, -0.25) is 4.79 Å². The fourth-order valence-electron chi connectivity index (χ4n) is 1.56. The van der Waals surface area contributed by atoms with Crippen molar-refractivity contribution in [2.24, 2.45) is 0 Å². The number of nitrogens with zero attached hydrogens (tertiary/aromatic N) is 1. The van der Waals surface area contributed by atoms with Crippen LogP contribution in [0.2, 0.25) is 0 Å². The maximum Gasteiger partial charge on any atom is 0.248 e. The molecule has 0 aliphatic carbocycles. The summed E-state index contributed by atoms with van der Waals surface area (Å²) < 4.78 is 18.1. The number of likely N-dealkylation sites (N-methyl/N-ethyl adjacent to an activating group) is 1. The summed E-state index contributed by atoms with van der Waals surface area (Å²) in [6, 6.07) is 6.16. The molecule has 3 nitrogen and oxygen atoms in total. The Hall–Kier alpha value is -1.42. The highest BCUT2D eigenvalue weighted by molar-refractivity contribution is 5.77. The number of amides is 1. The number of carbonyl (C=O) groups excluding carboxylic acids is 1. The lowest BCUT2D eigenvalue weighted by molar-refractivity contribution is -0.147. The van der Waals surface area contributed by atoms with E-state index in [9.17, 15) is 9.18 Å². The molecular weight excluding hydrogens is 197 g/mol. The van der Waals surface area contributed by atoms with Gasteiger partial charge in [-0.25, -0.2) is 4.39 Å². The van der Waals surface area contributed by atoms with Crippen LogP contribution in [0.5, 0.6) is 0 Å². The molecule has 80 valence electrons. The Kier molecular flexibility index (Phi) is 2.68. The lowest BCUT2D eigenvalue weighted by Gasteiger charge is -2.30. The van der Waals surface area contributed by atoms with E-state index in [2.05, 4.69) is 0 Å². The van der Waals surface area contributed by atoms with Crippen LogP contribution in [0.4, 0.5) is 4.39 Å². The molecule has 0 saturated carbocycles. The molecule has 4 heteroatoms. The number of rotatable bonds is 1. The average Bonchev–Trinajstić information content (AvgIpc) is 2.23. The van der Waals surface area contributed by atoms with Crippen LogP contribution in [-0.2, 0) is 9.53 Å². The van der Waals surface area contributed by atoms with E-state index in [0.717, 1.165) is 5.56 Å². The highest BCUT2D eigenvalue weighted by atomic mass is 19.1. The standard InChI is InChI=1S/C11H12FNO2/c1-13-6-10(15-7-11(13)14)8-2-4-9(12)5-3-8/h2-5,10H,6-7H2,1H3/t10-/m1/s1. The minimum absolute atomic E-state index is 0.0200. The minimum atomic E-state index is -0.265. The molecule has 2 rings (SSSR count). The van der Waals surface area contributed by atoms with Crippen LogP contribution >= 0.6 is 0 Å². The zero-order valence-electron chi connectivity index (χ0n) is 8.44. The summed E-state index contributed by atoms with van der Waals surface area (Å²) in [6.07, 6.45) is -0.145. The van der Waals surface area contributed by atoms with Gasteiger partial charge in [0.2, 0.25) is 5.91 Å². The van der Waals surface area contributed by atoms with Gasteiger partial charge >= 0.3 is 0 Å². The lowest BCUT2D eigenvalue weighted by Crippen LogP contribution is -2.40. The van der Waals surface area contributed by atoms with E-state index in [1.54, 1.807) is 24.1 Å². The van der Waals surface area contributed by atoms with E-state index in [1.165, 1.54) is 12.1 Å². The molecule has 1 aliphatic heterocycles. The van der Waals surface area contributed by atoms with Gasteiger partial charge in [-0.2, -0.15) is 0 Å². The molecule has 0 N–H and O–H groups in total. The van der Waals surface area contributed by atoms with Crippen molar-refractivity contribution in [3.63, 3.8) is 0 Å². The maximum absolute atomic E-state index is 12.7. The third-order valence-electron chi connectivity index (χ3n) is 2.52. The van der Waals surface area contributed by atoms with Gasteiger partial charge in [0, 0.05) is 7.05 Å². The van der Waals surface area contributed by atoms with E-state index in [0.29, 0.717) is 6.54 Å². The Morgan fingerprint density at radius 2 is 2.07 bits per heavy atom. The fraction of sp³-hybridized carbons (Fsp3) is 0.364. The van der Waals surface area contributed by atoms with Crippen molar-refractivity contribution >= 4 is 5.91 Å². The first kappa shape index (κ1) is 10.1. The molecular formula is C11H12FNO2. The van der Waals surface area contributed by atoms with Crippen molar-refractivity contribution in [1.29, 1.82) is 0 Å². The van der Waals surface area contributed by atoms with Crippen LogP contribution in [0.25, 0.3) is 0 Å². The van der Waals surface area contributed by atoms with E-state index in [4.69, 9.17) is 4.74 Å². The van der Waals surface area contributed by atoms with Gasteiger partial charge in [-0.1, -0.05) is 12.1 Å². The number of ether oxygens (including phenoxy) is 1. The second-order valence-corrected chi connectivity index (χ2v) is 3.63. The van der Waals surface area contributed by atoms with Gasteiger partial charge < -0.3 is 9.64 Å². The highest BCUT2D eigenvalue weighted by Crippen LogP contribution is 2.21. The number of morpholine rings is 1. The van der Waals surface area contributed by atoms with Crippen LogP contribution in [0, 0.1) is 5.82 Å². The zero-order valence-corrected chi connectivity index (χ0v) is 8.44. The molecule has 15 heavy (non-hydrogen) atoms. The molecule has 1 fully saturated rings. The first-order chi connectivity index (χ1) is 7.16. The van der Waals surface area contributed by atoms with Crippen molar-refractivity contribution in [3.8, 4) is 0 Å². The smallest absolute Gasteiger partial charge is 0.248 e. The Balaban J connectivity index is 2.12. The van der Waals surface area contributed by atoms with Gasteiger partial charge in [-0.05, 0) is 17.7 Å². The van der Waals surface area contributed by atoms with E-state index in [-0.39, 0.29) is 24.4 Å². The third-order valence-corrected chi connectivity index (χ3v) is 2.52. The quantitative estimate of drug-likeness (QED) is 0.698. The predicted octanol–water partition coefficient (Wildman–Crippen LogP) is 1.36. The average molecular weight is 209 g/mol. The Labute approximate surface area is 87.5 Å². The molecule has 1 aromatic rings. The molecule has 1 aromatic carbocycles. The summed E-state index contributed by atoms with van der Waals surface area (Å²) in [7, 11) is 1.74.